The summed E-state index contributed by atoms with van der Waals surface area (Å²) in [7, 11) is 0. The van der Waals surface area contributed by atoms with Crippen molar-refractivity contribution in [3.05, 3.63) is 24.0 Å². The maximum absolute atomic E-state index is 11.5. The Bertz CT molecular complexity index is 358. The first-order chi connectivity index (χ1) is 8.61. The molecule has 0 radical (unpaired) electrons. The minimum absolute atomic E-state index is 0.164. The van der Waals surface area contributed by atoms with Crippen LogP contribution in [0.4, 0.5) is 0 Å². The first-order valence-electron chi connectivity index (χ1n) is 6.65. The largest absolute Gasteiger partial charge is 0.464 e. The molecule has 4 nitrogen and oxygen atoms in total. The summed E-state index contributed by atoms with van der Waals surface area (Å²) in [5.41, 5.74) is 1.19. The molecule has 0 amide bonds. The number of carbonyl (C=O) groups is 1. The Hall–Kier alpha value is -1.29. The maximum Gasteiger partial charge on any atom is 0.325 e. The predicted molar refractivity (Wildman–Crippen MR) is 72.3 cm³/mol. The molecule has 0 bridgehead atoms. The van der Waals surface area contributed by atoms with Crippen LogP contribution in [0, 0.1) is 0 Å². The van der Waals surface area contributed by atoms with Gasteiger partial charge >= 0.3 is 5.97 Å². The summed E-state index contributed by atoms with van der Waals surface area (Å²) in [5, 5.41) is 3.34. The lowest BCUT2D eigenvalue weighted by atomic mass is 10.3. The Balaban J connectivity index is 2.32. The molecule has 0 spiro atoms. The molecular weight excluding hydrogens is 228 g/mol. The van der Waals surface area contributed by atoms with Crippen molar-refractivity contribution < 1.29 is 9.53 Å². The standard InChI is InChI=1S/C14H24N2O2/c1-4-5-8-18-14(17)11-16-7-6-13(10-16)9-15-12(2)3/h6-7,10,12,15H,4-5,8-9,11H2,1-3H3. The van der Waals surface area contributed by atoms with Crippen molar-refractivity contribution in [2.24, 2.45) is 0 Å². The van der Waals surface area contributed by atoms with E-state index >= 15 is 0 Å². The molecule has 1 aromatic heterocycles. The zero-order chi connectivity index (χ0) is 13.4. The summed E-state index contributed by atoms with van der Waals surface area (Å²) < 4.78 is 6.99. The van der Waals surface area contributed by atoms with E-state index in [1.165, 1.54) is 5.56 Å². The summed E-state index contributed by atoms with van der Waals surface area (Å²) in [6.45, 7) is 7.96. The molecule has 0 saturated heterocycles. The van der Waals surface area contributed by atoms with Crippen molar-refractivity contribution in [2.45, 2.75) is 52.7 Å². The van der Waals surface area contributed by atoms with E-state index in [-0.39, 0.29) is 5.97 Å². The van der Waals surface area contributed by atoms with Crippen molar-refractivity contribution in [1.29, 1.82) is 0 Å². The van der Waals surface area contributed by atoms with Crippen molar-refractivity contribution in [2.75, 3.05) is 6.61 Å². The molecule has 1 aromatic rings. The Kier molecular flexibility index (Phi) is 6.50. The number of esters is 1. The molecule has 18 heavy (non-hydrogen) atoms. The molecule has 0 unspecified atom stereocenters. The van der Waals surface area contributed by atoms with Crippen molar-refractivity contribution in [3.63, 3.8) is 0 Å². The highest BCUT2D eigenvalue weighted by molar-refractivity contribution is 5.69. The topological polar surface area (TPSA) is 43.3 Å². The molecule has 0 saturated carbocycles. The van der Waals surface area contributed by atoms with E-state index < -0.39 is 0 Å². The van der Waals surface area contributed by atoms with E-state index in [1.807, 2.05) is 23.0 Å². The van der Waals surface area contributed by atoms with Crippen LogP contribution in [0.1, 0.15) is 39.2 Å². The highest BCUT2D eigenvalue weighted by atomic mass is 16.5. The average Bonchev–Trinajstić information content (AvgIpc) is 2.74. The Morgan fingerprint density at radius 1 is 1.50 bits per heavy atom. The third-order valence-electron chi connectivity index (χ3n) is 2.60. The lowest BCUT2D eigenvalue weighted by Crippen LogP contribution is -2.21. The van der Waals surface area contributed by atoms with Gasteiger partial charge in [-0.15, -0.1) is 0 Å². The number of unbranched alkanes of at least 4 members (excludes halogenated alkanes) is 1. The lowest BCUT2D eigenvalue weighted by molar-refractivity contribution is -0.144. The summed E-state index contributed by atoms with van der Waals surface area (Å²) in [6.07, 6.45) is 5.87. The number of aromatic nitrogens is 1. The van der Waals surface area contributed by atoms with Gasteiger partial charge in [-0.25, -0.2) is 0 Å². The van der Waals surface area contributed by atoms with Gasteiger partial charge in [0.1, 0.15) is 6.54 Å². The third kappa shape index (κ3) is 5.87. The van der Waals surface area contributed by atoms with Crippen LogP contribution in [0.3, 0.4) is 0 Å². The van der Waals surface area contributed by atoms with Crippen molar-refractivity contribution in [1.82, 2.24) is 9.88 Å². The highest BCUT2D eigenvalue weighted by Gasteiger charge is 2.04. The molecule has 102 valence electrons. The van der Waals surface area contributed by atoms with Crippen LogP contribution in [0.5, 0.6) is 0 Å². The summed E-state index contributed by atoms with van der Waals surface area (Å²) in [4.78, 5) is 11.5. The first-order valence-corrected chi connectivity index (χ1v) is 6.65. The van der Waals surface area contributed by atoms with Crippen LogP contribution >= 0.6 is 0 Å². The maximum atomic E-state index is 11.5. The van der Waals surface area contributed by atoms with Crippen LogP contribution in [0.2, 0.25) is 0 Å². The van der Waals surface area contributed by atoms with Gasteiger partial charge in [-0.3, -0.25) is 4.79 Å². The normalized spacial score (nSPS) is 10.9. The molecule has 1 rings (SSSR count). The zero-order valence-electron chi connectivity index (χ0n) is 11.6. The SMILES string of the molecule is CCCCOC(=O)Cn1ccc(CNC(C)C)c1. The van der Waals surface area contributed by atoms with Crippen LogP contribution in [0.25, 0.3) is 0 Å². The molecule has 0 fully saturated rings. The number of nitrogens with one attached hydrogen (secondary N) is 1. The quantitative estimate of drug-likeness (QED) is 0.570. The fourth-order valence-corrected chi connectivity index (χ4v) is 1.54. The van der Waals surface area contributed by atoms with Gasteiger partial charge in [0, 0.05) is 25.0 Å². The first kappa shape index (κ1) is 14.8. The minimum Gasteiger partial charge on any atom is -0.464 e. The van der Waals surface area contributed by atoms with Gasteiger partial charge in [0.25, 0.3) is 0 Å². The molecule has 0 atom stereocenters. The van der Waals surface area contributed by atoms with Gasteiger partial charge in [-0.05, 0) is 18.1 Å². The second-order valence-electron chi connectivity index (χ2n) is 4.80. The van der Waals surface area contributed by atoms with E-state index in [4.69, 9.17) is 4.74 Å². The minimum atomic E-state index is -0.164. The summed E-state index contributed by atoms with van der Waals surface area (Å²) in [6, 6.07) is 2.49. The molecule has 1 heterocycles. The van der Waals surface area contributed by atoms with E-state index in [0.717, 1.165) is 19.4 Å². The van der Waals surface area contributed by atoms with Crippen LogP contribution < -0.4 is 5.32 Å². The molecule has 1 N–H and O–H groups in total. The monoisotopic (exact) mass is 252 g/mol. The molecular formula is C14H24N2O2. The van der Waals surface area contributed by atoms with Gasteiger partial charge in [-0.2, -0.15) is 0 Å². The Labute approximate surface area is 109 Å². The second kappa shape index (κ2) is 7.93. The summed E-state index contributed by atoms with van der Waals surface area (Å²) in [5.74, 6) is -0.164. The number of rotatable bonds is 8. The zero-order valence-corrected chi connectivity index (χ0v) is 11.6. The molecule has 0 aliphatic carbocycles. The van der Waals surface area contributed by atoms with Crippen molar-refractivity contribution in [3.8, 4) is 0 Å². The second-order valence-corrected chi connectivity index (χ2v) is 4.80. The van der Waals surface area contributed by atoms with E-state index in [1.54, 1.807) is 0 Å². The van der Waals surface area contributed by atoms with Gasteiger partial charge in [0.05, 0.1) is 6.61 Å². The van der Waals surface area contributed by atoms with Crippen LogP contribution in [-0.2, 0) is 22.6 Å². The fourth-order valence-electron chi connectivity index (χ4n) is 1.54. The van der Waals surface area contributed by atoms with Gasteiger partial charge in [-0.1, -0.05) is 27.2 Å². The molecule has 4 heteroatoms. The van der Waals surface area contributed by atoms with E-state index in [2.05, 4.69) is 26.1 Å². The molecule has 0 aromatic carbocycles. The van der Waals surface area contributed by atoms with E-state index in [0.29, 0.717) is 19.2 Å². The van der Waals surface area contributed by atoms with Crippen molar-refractivity contribution >= 4 is 5.97 Å². The Morgan fingerprint density at radius 2 is 2.28 bits per heavy atom. The summed E-state index contributed by atoms with van der Waals surface area (Å²) >= 11 is 0. The van der Waals surface area contributed by atoms with Gasteiger partial charge in [0.15, 0.2) is 0 Å². The number of hydrogen-bond acceptors (Lipinski definition) is 3. The molecule has 0 aliphatic heterocycles. The van der Waals surface area contributed by atoms with Crippen LogP contribution in [0.15, 0.2) is 18.5 Å². The number of ether oxygens (including phenoxy) is 1. The highest BCUT2D eigenvalue weighted by Crippen LogP contribution is 2.02. The van der Waals surface area contributed by atoms with E-state index in [9.17, 15) is 4.79 Å². The predicted octanol–water partition coefficient (Wildman–Crippen LogP) is 2.33. The number of hydrogen-bond donors (Lipinski definition) is 1. The van der Waals surface area contributed by atoms with Gasteiger partial charge in [0.2, 0.25) is 0 Å². The van der Waals surface area contributed by atoms with Gasteiger partial charge < -0.3 is 14.6 Å². The average molecular weight is 252 g/mol. The number of carbonyl (C=O) groups excluding carboxylic acids is 1. The number of nitrogens with zero attached hydrogens (tertiary/aromatic N) is 1. The smallest absolute Gasteiger partial charge is 0.325 e. The fraction of sp³-hybridized carbons (Fsp3) is 0.643. The van der Waals surface area contributed by atoms with Crippen LogP contribution in [-0.4, -0.2) is 23.2 Å². The third-order valence-corrected chi connectivity index (χ3v) is 2.60. The molecule has 0 aliphatic rings. The lowest BCUT2D eigenvalue weighted by Gasteiger charge is -2.06. The Morgan fingerprint density at radius 3 is 2.94 bits per heavy atom.